The summed E-state index contributed by atoms with van der Waals surface area (Å²) in [6.07, 6.45) is 7.74. The molecule has 0 aliphatic rings. The van der Waals surface area contributed by atoms with Gasteiger partial charge in [0.15, 0.2) is 5.13 Å². The number of thiazole rings is 1. The first-order chi connectivity index (χ1) is 15.7. The molecule has 2 aromatic carbocycles. The summed E-state index contributed by atoms with van der Waals surface area (Å²) in [7, 11) is 0. The van der Waals surface area contributed by atoms with Crippen LogP contribution in [0.25, 0.3) is 10.2 Å². The fourth-order valence-corrected chi connectivity index (χ4v) is 5.32. The standard InChI is InChI=1S/C25H28N4OS2/c1-3-19-8-11-22-23(16-19)32-25(27-22)29(14-5-13-28-15-12-26-18-28)24(30)17-20-6-9-21(10-7-20)31-4-2/h6-12,15-16,18H,3-5,13-14,17H2,1-2H3. The van der Waals surface area contributed by atoms with Crippen LogP contribution >= 0.6 is 23.1 Å². The van der Waals surface area contributed by atoms with Crippen molar-refractivity contribution in [1.29, 1.82) is 0 Å². The quantitative estimate of drug-likeness (QED) is 0.277. The second kappa shape index (κ2) is 10.8. The average molecular weight is 465 g/mol. The summed E-state index contributed by atoms with van der Waals surface area (Å²) in [5.41, 5.74) is 3.27. The lowest BCUT2D eigenvalue weighted by Gasteiger charge is -2.20. The van der Waals surface area contributed by atoms with Gasteiger partial charge in [-0.05, 0) is 54.0 Å². The maximum atomic E-state index is 13.4. The summed E-state index contributed by atoms with van der Waals surface area (Å²) in [4.78, 5) is 25.4. The number of hydrogen-bond acceptors (Lipinski definition) is 5. The topological polar surface area (TPSA) is 51.0 Å². The maximum absolute atomic E-state index is 13.4. The molecule has 0 aliphatic carbocycles. The minimum absolute atomic E-state index is 0.0845. The molecule has 1 amide bonds. The van der Waals surface area contributed by atoms with E-state index in [0.717, 1.165) is 46.1 Å². The number of aromatic nitrogens is 3. The Labute approximate surface area is 197 Å². The van der Waals surface area contributed by atoms with Crippen LogP contribution in [0.1, 0.15) is 31.4 Å². The van der Waals surface area contributed by atoms with Gasteiger partial charge in [-0.15, -0.1) is 11.8 Å². The molecule has 0 fully saturated rings. The Balaban J connectivity index is 1.54. The van der Waals surface area contributed by atoms with Crippen LogP contribution < -0.4 is 4.90 Å². The number of rotatable bonds is 10. The second-order valence-corrected chi connectivity index (χ2v) is 9.95. The molecule has 7 heteroatoms. The Morgan fingerprint density at radius 3 is 2.66 bits per heavy atom. The van der Waals surface area contributed by atoms with Crippen molar-refractivity contribution in [3.05, 3.63) is 72.3 Å². The largest absolute Gasteiger partial charge is 0.337 e. The summed E-state index contributed by atoms with van der Waals surface area (Å²) in [5, 5.41) is 0.780. The molecular weight excluding hydrogens is 436 g/mol. The molecular formula is C25H28N4OS2. The third kappa shape index (κ3) is 5.58. The SMILES string of the molecule is CCSc1ccc(CC(=O)N(CCCn2ccnc2)c2nc3ccc(CC)cc3s2)cc1. The van der Waals surface area contributed by atoms with Gasteiger partial charge in [-0.2, -0.15) is 0 Å². The van der Waals surface area contributed by atoms with E-state index in [2.05, 4.69) is 61.3 Å². The highest BCUT2D eigenvalue weighted by Crippen LogP contribution is 2.30. The number of hydrogen-bond donors (Lipinski definition) is 0. The van der Waals surface area contributed by atoms with Crippen LogP contribution in [0.3, 0.4) is 0 Å². The predicted molar refractivity (Wildman–Crippen MR) is 135 cm³/mol. The van der Waals surface area contributed by atoms with Gasteiger partial charge >= 0.3 is 0 Å². The summed E-state index contributed by atoms with van der Waals surface area (Å²) >= 11 is 3.41. The zero-order chi connectivity index (χ0) is 22.3. The normalized spacial score (nSPS) is 11.2. The molecule has 0 radical (unpaired) electrons. The number of carbonyl (C=O) groups excluding carboxylic acids is 1. The van der Waals surface area contributed by atoms with Crippen LogP contribution in [0.5, 0.6) is 0 Å². The number of thioether (sulfide) groups is 1. The molecule has 5 nitrogen and oxygen atoms in total. The van der Waals surface area contributed by atoms with Gasteiger partial charge in [0.2, 0.25) is 5.91 Å². The number of nitrogens with zero attached hydrogens (tertiary/aromatic N) is 4. The van der Waals surface area contributed by atoms with Gasteiger partial charge in [-0.1, -0.05) is 43.4 Å². The lowest BCUT2D eigenvalue weighted by atomic mass is 10.1. The average Bonchev–Trinajstić information content (AvgIpc) is 3.47. The fraction of sp³-hybridized carbons (Fsp3) is 0.320. The first-order valence-electron chi connectivity index (χ1n) is 11.0. The van der Waals surface area contributed by atoms with Crippen molar-refractivity contribution < 1.29 is 4.79 Å². The number of fused-ring (bicyclic) bond motifs is 1. The first kappa shape index (κ1) is 22.6. The lowest BCUT2D eigenvalue weighted by Crippen LogP contribution is -2.33. The Bertz CT molecular complexity index is 1150. The molecule has 2 aromatic heterocycles. The zero-order valence-corrected chi connectivity index (χ0v) is 20.2. The van der Waals surface area contributed by atoms with Crippen LogP contribution in [0.2, 0.25) is 0 Å². The molecule has 4 aromatic rings. The minimum Gasteiger partial charge on any atom is -0.337 e. The molecule has 4 rings (SSSR count). The number of amides is 1. The Kier molecular flexibility index (Phi) is 7.60. The van der Waals surface area contributed by atoms with Gasteiger partial charge in [0.25, 0.3) is 0 Å². The second-order valence-electron chi connectivity index (χ2n) is 7.61. The predicted octanol–water partition coefficient (Wildman–Crippen LogP) is 5.83. The van der Waals surface area contributed by atoms with E-state index in [4.69, 9.17) is 4.98 Å². The Hall–Kier alpha value is -2.64. The van der Waals surface area contributed by atoms with Crippen molar-refractivity contribution in [3.63, 3.8) is 0 Å². The highest BCUT2D eigenvalue weighted by molar-refractivity contribution is 7.99. The van der Waals surface area contributed by atoms with Crippen LogP contribution in [0, 0.1) is 0 Å². The van der Waals surface area contributed by atoms with Crippen molar-refractivity contribution in [2.45, 2.75) is 44.6 Å². The lowest BCUT2D eigenvalue weighted by molar-refractivity contribution is -0.118. The van der Waals surface area contributed by atoms with Crippen LogP contribution in [-0.2, 0) is 24.2 Å². The molecule has 0 saturated heterocycles. The van der Waals surface area contributed by atoms with Gasteiger partial charge in [0, 0.05) is 30.4 Å². The highest BCUT2D eigenvalue weighted by Gasteiger charge is 2.20. The molecule has 166 valence electrons. The van der Waals surface area contributed by atoms with E-state index < -0.39 is 0 Å². The van der Waals surface area contributed by atoms with E-state index in [-0.39, 0.29) is 5.91 Å². The first-order valence-corrected chi connectivity index (χ1v) is 12.8. The summed E-state index contributed by atoms with van der Waals surface area (Å²) in [6, 6.07) is 14.7. The van der Waals surface area contributed by atoms with E-state index in [0.29, 0.717) is 13.0 Å². The number of aryl methyl sites for hydroxylation is 2. The zero-order valence-electron chi connectivity index (χ0n) is 18.5. The number of anilines is 1. The van der Waals surface area contributed by atoms with Crippen molar-refractivity contribution >= 4 is 44.4 Å². The van der Waals surface area contributed by atoms with E-state index >= 15 is 0 Å². The monoisotopic (exact) mass is 464 g/mol. The van der Waals surface area contributed by atoms with Crippen LogP contribution in [-0.4, -0.2) is 32.7 Å². The smallest absolute Gasteiger partial charge is 0.233 e. The molecule has 0 unspecified atom stereocenters. The van der Waals surface area contributed by atoms with Crippen molar-refractivity contribution in [1.82, 2.24) is 14.5 Å². The molecule has 2 heterocycles. The van der Waals surface area contributed by atoms with Crippen molar-refractivity contribution in [2.24, 2.45) is 0 Å². The van der Waals surface area contributed by atoms with E-state index in [1.807, 2.05) is 33.8 Å². The molecule has 0 spiro atoms. The van der Waals surface area contributed by atoms with E-state index in [1.54, 1.807) is 17.5 Å². The number of imidazole rings is 1. The summed E-state index contributed by atoms with van der Waals surface area (Å²) in [5.74, 6) is 1.13. The summed E-state index contributed by atoms with van der Waals surface area (Å²) in [6.45, 7) is 5.74. The van der Waals surface area contributed by atoms with Gasteiger partial charge in [-0.25, -0.2) is 9.97 Å². The Morgan fingerprint density at radius 1 is 1.12 bits per heavy atom. The molecule has 0 atom stereocenters. The fourth-order valence-electron chi connectivity index (χ4n) is 3.59. The molecule has 0 saturated carbocycles. The number of carbonyl (C=O) groups is 1. The molecule has 0 N–H and O–H groups in total. The molecule has 32 heavy (non-hydrogen) atoms. The third-order valence-electron chi connectivity index (χ3n) is 5.33. The van der Waals surface area contributed by atoms with Gasteiger partial charge in [0.05, 0.1) is 23.0 Å². The number of benzene rings is 2. The van der Waals surface area contributed by atoms with Gasteiger partial charge in [-0.3, -0.25) is 9.69 Å². The highest BCUT2D eigenvalue weighted by atomic mass is 32.2. The van der Waals surface area contributed by atoms with Crippen molar-refractivity contribution in [2.75, 3.05) is 17.2 Å². The Morgan fingerprint density at radius 2 is 1.94 bits per heavy atom. The van der Waals surface area contributed by atoms with Crippen LogP contribution in [0.15, 0.2) is 66.1 Å². The molecule has 0 bridgehead atoms. The minimum atomic E-state index is 0.0845. The van der Waals surface area contributed by atoms with Crippen LogP contribution in [0.4, 0.5) is 5.13 Å². The van der Waals surface area contributed by atoms with Gasteiger partial charge in [0.1, 0.15) is 0 Å². The van der Waals surface area contributed by atoms with Crippen molar-refractivity contribution in [3.8, 4) is 0 Å². The maximum Gasteiger partial charge on any atom is 0.233 e. The summed E-state index contributed by atoms with van der Waals surface area (Å²) < 4.78 is 3.17. The van der Waals surface area contributed by atoms with E-state index in [9.17, 15) is 4.79 Å². The van der Waals surface area contributed by atoms with E-state index in [1.165, 1.54) is 10.5 Å². The molecule has 0 aliphatic heterocycles. The third-order valence-corrected chi connectivity index (χ3v) is 7.26. The van der Waals surface area contributed by atoms with Gasteiger partial charge < -0.3 is 4.57 Å².